The largest absolute Gasteiger partial charge is 0.508 e. The van der Waals surface area contributed by atoms with Gasteiger partial charge in [-0.25, -0.2) is 0 Å². The van der Waals surface area contributed by atoms with E-state index in [0.717, 1.165) is 11.1 Å². The molecule has 0 bridgehead atoms. The van der Waals surface area contributed by atoms with Crippen molar-refractivity contribution < 1.29 is 24.4 Å². The number of fused-ring (bicyclic) bond motifs is 3. The monoisotopic (exact) mass is 328 g/mol. The lowest BCUT2D eigenvalue weighted by Crippen LogP contribution is -2.46. The second kappa shape index (κ2) is 5.13. The summed E-state index contributed by atoms with van der Waals surface area (Å²) in [5, 5.41) is 19.2. The zero-order valence-corrected chi connectivity index (χ0v) is 13.7. The Hall–Kier alpha value is -2.24. The van der Waals surface area contributed by atoms with E-state index in [2.05, 4.69) is 0 Å². The van der Waals surface area contributed by atoms with E-state index >= 15 is 0 Å². The van der Waals surface area contributed by atoms with Crippen LogP contribution in [0.25, 0.3) is 0 Å². The van der Waals surface area contributed by atoms with Crippen LogP contribution in [0.1, 0.15) is 31.1 Å². The van der Waals surface area contributed by atoms with Crippen LogP contribution in [0.2, 0.25) is 0 Å². The molecule has 0 spiro atoms. The van der Waals surface area contributed by atoms with Crippen molar-refractivity contribution in [2.24, 2.45) is 0 Å². The SMILES string of the molecule is CC1(C)O[C@H]2c3ccc(O)cc3OC[C@@]2(Cc2ccc(O)cc2)O1. The summed E-state index contributed by atoms with van der Waals surface area (Å²) in [4.78, 5) is 0. The summed E-state index contributed by atoms with van der Waals surface area (Å²) in [6, 6.07) is 12.1. The van der Waals surface area contributed by atoms with Crippen molar-refractivity contribution in [2.75, 3.05) is 6.61 Å². The van der Waals surface area contributed by atoms with Crippen molar-refractivity contribution >= 4 is 0 Å². The molecule has 1 fully saturated rings. The van der Waals surface area contributed by atoms with E-state index in [1.165, 1.54) is 0 Å². The number of phenolic OH excluding ortho intramolecular Hbond substituents is 2. The van der Waals surface area contributed by atoms with Crippen molar-refractivity contribution in [1.29, 1.82) is 0 Å². The fourth-order valence-electron chi connectivity index (χ4n) is 3.61. The van der Waals surface area contributed by atoms with E-state index in [1.54, 1.807) is 24.3 Å². The van der Waals surface area contributed by atoms with Gasteiger partial charge in [0.2, 0.25) is 0 Å². The van der Waals surface area contributed by atoms with E-state index in [9.17, 15) is 10.2 Å². The van der Waals surface area contributed by atoms with E-state index in [4.69, 9.17) is 14.2 Å². The highest BCUT2D eigenvalue weighted by molar-refractivity contribution is 5.45. The molecule has 5 nitrogen and oxygen atoms in total. The average molecular weight is 328 g/mol. The maximum absolute atomic E-state index is 9.68. The highest BCUT2D eigenvalue weighted by Gasteiger charge is 2.57. The predicted octanol–water partition coefficient (Wildman–Crippen LogP) is 3.30. The van der Waals surface area contributed by atoms with Gasteiger partial charge in [-0.05, 0) is 43.7 Å². The standard InChI is InChI=1S/C19H20O5/c1-18(2)23-17-15-8-7-14(21)9-16(15)22-11-19(17,24-18)10-12-3-5-13(20)6-4-12/h3-9,17,20-21H,10-11H2,1-2H3/t17-,19+/m0/s1. The fraction of sp³-hybridized carbons (Fsp3) is 0.368. The van der Waals surface area contributed by atoms with Crippen LogP contribution in [-0.4, -0.2) is 28.2 Å². The molecule has 0 amide bonds. The quantitative estimate of drug-likeness (QED) is 0.885. The van der Waals surface area contributed by atoms with Gasteiger partial charge in [-0.2, -0.15) is 0 Å². The lowest BCUT2D eigenvalue weighted by molar-refractivity contribution is -0.167. The van der Waals surface area contributed by atoms with Crippen LogP contribution in [-0.2, 0) is 15.9 Å². The lowest BCUT2D eigenvalue weighted by Gasteiger charge is -2.37. The Morgan fingerprint density at radius 2 is 1.75 bits per heavy atom. The molecular formula is C19H20O5. The predicted molar refractivity (Wildman–Crippen MR) is 87.1 cm³/mol. The Morgan fingerprint density at radius 1 is 1.04 bits per heavy atom. The van der Waals surface area contributed by atoms with Crippen molar-refractivity contribution in [3.05, 3.63) is 53.6 Å². The molecule has 0 aliphatic carbocycles. The zero-order valence-electron chi connectivity index (χ0n) is 13.7. The average Bonchev–Trinajstić information content (AvgIpc) is 2.80. The molecule has 126 valence electrons. The van der Waals surface area contributed by atoms with Crippen LogP contribution in [0.4, 0.5) is 0 Å². The molecule has 2 aliphatic heterocycles. The Labute approximate surface area is 140 Å². The molecule has 2 atom stereocenters. The fourth-order valence-corrected chi connectivity index (χ4v) is 3.61. The summed E-state index contributed by atoms with van der Waals surface area (Å²) in [5.41, 5.74) is 1.26. The van der Waals surface area contributed by atoms with Crippen molar-refractivity contribution in [3.63, 3.8) is 0 Å². The van der Waals surface area contributed by atoms with Crippen LogP contribution < -0.4 is 4.74 Å². The molecule has 2 aromatic carbocycles. The molecule has 24 heavy (non-hydrogen) atoms. The molecule has 0 unspecified atom stereocenters. The first-order valence-electron chi connectivity index (χ1n) is 7.99. The van der Waals surface area contributed by atoms with Crippen LogP contribution in [0.15, 0.2) is 42.5 Å². The second-order valence-corrected chi connectivity index (χ2v) is 6.92. The van der Waals surface area contributed by atoms with Gasteiger partial charge in [-0.3, -0.25) is 0 Å². The minimum atomic E-state index is -0.732. The number of hydrogen-bond donors (Lipinski definition) is 2. The third-order valence-corrected chi connectivity index (χ3v) is 4.52. The molecule has 2 heterocycles. The molecule has 1 saturated heterocycles. The number of benzene rings is 2. The van der Waals surface area contributed by atoms with Gasteiger partial charge in [0.15, 0.2) is 5.79 Å². The number of hydrogen-bond acceptors (Lipinski definition) is 5. The number of aromatic hydroxyl groups is 2. The highest BCUT2D eigenvalue weighted by atomic mass is 16.8. The smallest absolute Gasteiger partial charge is 0.164 e. The lowest BCUT2D eigenvalue weighted by atomic mass is 9.84. The van der Waals surface area contributed by atoms with E-state index in [1.807, 2.05) is 32.0 Å². The van der Waals surface area contributed by atoms with Gasteiger partial charge >= 0.3 is 0 Å². The zero-order chi connectivity index (χ0) is 16.9. The van der Waals surface area contributed by atoms with E-state index in [0.29, 0.717) is 18.8 Å². The van der Waals surface area contributed by atoms with Gasteiger partial charge in [-0.15, -0.1) is 0 Å². The normalized spacial score (nSPS) is 27.2. The number of ether oxygens (including phenoxy) is 3. The second-order valence-electron chi connectivity index (χ2n) is 6.92. The van der Waals surface area contributed by atoms with Gasteiger partial charge in [0.25, 0.3) is 0 Å². The van der Waals surface area contributed by atoms with Gasteiger partial charge in [0, 0.05) is 18.1 Å². The minimum absolute atomic E-state index is 0.165. The minimum Gasteiger partial charge on any atom is -0.508 e. The summed E-state index contributed by atoms with van der Waals surface area (Å²) >= 11 is 0. The summed E-state index contributed by atoms with van der Waals surface area (Å²) < 4.78 is 18.4. The Bertz CT molecular complexity index is 768. The van der Waals surface area contributed by atoms with Gasteiger partial charge in [-0.1, -0.05) is 12.1 Å². The molecule has 0 radical (unpaired) electrons. The van der Waals surface area contributed by atoms with Crippen molar-refractivity contribution in [3.8, 4) is 17.2 Å². The van der Waals surface area contributed by atoms with Gasteiger partial charge < -0.3 is 24.4 Å². The Morgan fingerprint density at radius 3 is 2.50 bits per heavy atom. The molecule has 4 rings (SSSR count). The molecule has 2 aliphatic rings. The maximum Gasteiger partial charge on any atom is 0.164 e. The molecule has 0 aromatic heterocycles. The van der Waals surface area contributed by atoms with E-state index < -0.39 is 11.4 Å². The summed E-state index contributed by atoms with van der Waals surface area (Å²) in [7, 11) is 0. The Balaban J connectivity index is 1.74. The summed E-state index contributed by atoms with van der Waals surface area (Å²) in [6.07, 6.45) is 0.312. The number of rotatable bonds is 2. The van der Waals surface area contributed by atoms with Crippen LogP contribution in [0.3, 0.4) is 0 Å². The highest BCUT2D eigenvalue weighted by Crippen LogP contribution is 2.52. The Kier molecular flexibility index (Phi) is 3.27. The molecule has 2 N–H and O–H groups in total. The van der Waals surface area contributed by atoms with Crippen molar-refractivity contribution in [2.45, 2.75) is 37.8 Å². The van der Waals surface area contributed by atoms with Crippen LogP contribution >= 0.6 is 0 Å². The maximum atomic E-state index is 9.68. The van der Waals surface area contributed by atoms with Gasteiger partial charge in [0.1, 0.15) is 35.6 Å². The van der Waals surface area contributed by atoms with Crippen LogP contribution in [0.5, 0.6) is 17.2 Å². The van der Waals surface area contributed by atoms with Crippen LogP contribution in [0, 0.1) is 0 Å². The van der Waals surface area contributed by atoms with Crippen molar-refractivity contribution in [1.82, 2.24) is 0 Å². The summed E-state index contributed by atoms with van der Waals surface area (Å²) in [6.45, 7) is 4.12. The van der Waals surface area contributed by atoms with Gasteiger partial charge in [0.05, 0.1) is 0 Å². The molecule has 5 heteroatoms. The number of phenols is 2. The molecule has 2 aromatic rings. The third-order valence-electron chi connectivity index (χ3n) is 4.52. The first-order valence-corrected chi connectivity index (χ1v) is 7.99. The summed E-state index contributed by atoms with van der Waals surface area (Å²) in [5.74, 6) is 0.294. The third kappa shape index (κ3) is 2.50. The first kappa shape index (κ1) is 15.3. The topological polar surface area (TPSA) is 68.2 Å². The first-order chi connectivity index (χ1) is 11.4. The molecular weight excluding hydrogens is 308 g/mol. The van der Waals surface area contributed by atoms with E-state index in [-0.39, 0.29) is 17.6 Å². The molecule has 0 saturated carbocycles.